The Morgan fingerprint density at radius 2 is 2.00 bits per heavy atom. The van der Waals surface area contributed by atoms with Crippen molar-refractivity contribution in [1.82, 2.24) is 4.90 Å². The van der Waals surface area contributed by atoms with Crippen LogP contribution in [0.25, 0.3) is 0 Å². The summed E-state index contributed by atoms with van der Waals surface area (Å²) in [6.45, 7) is -0.257. The second-order valence-corrected chi connectivity index (χ2v) is 6.79. The lowest BCUT2D eigenvalue weighted by Gasteiger charge is -2.29. The average molecular weight is 397 g/mol. The third-order valence-electron chi connectivity index (χ3n) is 4.93. The Labute approximate surface area is 166 Å². The number of esters is 1. The maximum absolute atomic E-state index is 12.6. The molecular weight excluding hydrogens is 378 g/mol. The van der Waals surface area contributed by atoms with E-state index < -0.39 is 24.5 Å². The summed E-state index contributed by atoms with van der Waals surface area (Å²) < 4.78 is 10.3. The standard InChI is InChI=1S/C20H19N3O6/c24-17-11-23(14-6-2-1-5-13(14)21-17)18(25)12-29-20(27)15-7-3-9-22(15)19(26)16-8-4-10-28-16/h1-2,4-6,8,10,15H,3,7,9,11-12H2,(H,21,24)/t15-/m0/s1. The predicted octanol–water partition coefficient (Wildman–Crippen LogP) is 1.41. The molecule has 1 aromatic heterocycles. The number of para-hydroxylation sites is 2. The number of likely N-dealkylation sites (tertiary alicyclic amines) is 1. The van der Waals surface area contributed by atoms with Crippen molar-refractivity contribution in [2.24, 2.45) is 0 Å². The van der Waals surface area contributed by atoms with E-state index in [-0.39, 0.29) is 24.1 Å². The summed E-state index contributed by atoms with van der Waals surface area (Å²) in [6, 6.07) is 9.26. The summed E-state index contributed by atoms with van der Waals surface area (Å²) in [5.41, 5.74) is 1.07. The zero-order valence-corrected chi connectivity index (χ0v) is 15.5. The third-order valence-corrected chi connectivity index (χ3v) is 4.93. The number of amides is 3. The van der Waals surface area contributed by atoms with Crippen LogP contribution in [-0.2, 0) is 19.1 Å². The van der Waals surface area contributed by atoms with Gasteiger partial charge in [-0.3, -0.25) is 19.3 Å². The van der Waals surface area contributed by atoms with Gasteiger partial charge in [0, 0.05) is 6.54 Å². The number of furan rings is 1. The van der Waals surface area contributed by atoms with Gasteiger partial charge in [-0.1, -0.05) is 12.1 Å². The van der Waals surface area contributed by atoms with Crippen LogP contribution in [0.5, 0.6) is 0 Å². The van der Waals surface area contributed by atoms with Gasteiger partial charge in [0.05, 0.1) is 17.6 Å². The number of nitrogens with zero attached hydrogens (tertiary/aromatic N) is 2. The Balaban J connectivity index is 1.40. The number of hydrogen-bond acceptors (Lipinski definition) is 6. The second-order valence-electron chi connectivity index (χ2n) is 6.79. The van der Waals surface area contributed by atoms with Crippen LogP contribution in [0.2, 0.25) is 0 Å². The molecular formula is C20H19N3O6. The summed E-state index contributed by atoms with van der Waals surface area (Å²) >= 11 is 0. The van der Waals surface area contributed by atoms with Gasteiger partial charge in [0.2, 0.25) is 5.91 Å². The fourth-order valence-electron chi connectivity index (χ4n) is 3.56. The third kappa shape index (κ3) is 3.71. The van der Waals surface area contributed by atoms with Crippen LogP contribution in [0.3, 0.4) is 0 Å². The molecule has 29 heavy (non-hydrogen) atoms. The van der Waals surface area contributed by atoms with Crippen molar-refractivity contribution in [3.63, 3.8) is 0 Å². The van der Waals surface area contributed by atoms with Crippen LogP contribution in [0.1, 0.15) is 23.4 Å². The molecule has 0 saturated carbocycles. The average Bonchev–Trinajstić information content (AvgIpc) is 3.42. The molecule has 1 fully saturated rings. The molecule has 1 atom stereocenters. The minimum absolute atomic E-state index is 0.150. The molecule has 0 radical (unpaired) electrons. The number of hydrogen-bond donors (Lipinski definition) is 1. The van der Waals surface area contributed by atoms with Crippen molar-refractivity contribution in [3.05, 3.63) is 48.4 Å². The fourth-order valence-corrected chi connectivity index (χ4v) is 3.56. The van der Waals surface area contributed by atoms with Crippen molar-refractivity contribution in [2.45, 2.75) is 18.9 Å². The van der Waals surface area contributed by atoms with Gasteiger partial charge in [0.15, 0.2) is 12.4 Å². The highest BCUT2D eigenvalue weighted by Gasteiger charge is 2.37. The Morgan fingerprint density at radius 3 is 2.79 bits per heavy atom. The lowest BCUT2D eigenvalue weighted by molar-refractivity contribution is -0.151. The van der Waals surface area contributed by atoms with Crippen LogP contribution in [0, 0.1) is 0 Å². The highest BCUT2D eigenvalue weighted by Crippen LogP contribution is 2.29. The van der Waals surface area contributed by atoms with E-state index in [2.05, 4.69) is 5.32 Å². The topological polar surface area (TPSA) is 109 Å². The number of fused-ring (bicyclic) bond motifs is 1. The van der Waals surface area contributed by atoms with Gasteiger partial charge in [-0.2, -0.15) is 0 Å². The minimum atomic E-state index is -0.766. The number of carbonyl (C=O) groups is 4. The molecule has 150 valence electrons. The molecule has 2 aromatic rings. The molecule has 3 amide bonds. The summed E-state index contributed by atoms with van der Waals surface area (Å²) in [4.78, 5) is 52.1. The first kappa shape index (κ1) is 18.7. The van der Waals surface area contributed by atoms with Crippen LogP contribution in [0.4, 0.5) is 11.4 Å². The number of rotatable bonds is 4. The summed E-state index contributed by atoms with van der Waals surface area (Å²) in [7, 11) is 0. The number of ether oxygens (including phenoxy) is 1. The molecule has 2 aliphatic rings. The summed E-state index contributed by atoms with van der Waals surface area (Å²) in [6.07, 6.45) is 2.50. The first-order chi connectivity index (χ1) is 14.0. The number of carbonyl (C=O) groups excluding carboxylic acids is 4. The molecule has 3 heterocycles. The molecule has 1 aromatic carbocycles. The van der Waals surface area contributed by atoms with Gasteiger partial charge >= 0.3 is 5.97 Å². The van der Waals surface area contributed by atoms with E-state index in [1.54, 1.807) is 30.3 Å². The number of benzene rings is 1. The van der Waals surface area contributed by atoms with Gasteiger partial charge < -0.3 is 19.4 Å². The zero-order valence-electron chi connectivity index (χ0n) is 15.5. The SMILES string of the molecule is O=C1CN(C(=O)COC(=O)[C@@H]2CCCN2C(=O)c2ccco2)c2ccccc2N1. The van der Waals surface area contributed by atoms with Crippen molar-refractivity contribution >= 4 is 35.1 Å². The quantitative estimate of drug-likeness (QED) is 0.782. The first-order valence-corrected chi connectivity index (χ1v) is 9.25. The van der Waals surface area contributed by atoms with Crippen LogP contribution in [-0.4, -0.2) is 54.3 Å². The smallest absolute Gasteiger partial charge is 0.329 e. The van der Waals surface area contributed by atoms with Gasteiger partial charge in [0.25, 0.3) is 11.8 Å². The highest BCUT2D eigenvalue weighted by atomic mass is 16.5. The molecule has 9 heteroatoms. The summed E-state index contributed by atoms with van der Waals surface area (Å²) in [5, 5.41) is 2.69. The monoisotopic (exact) mass is 397 g/mol. The molecule has 0 spiro atoms. The Kier molecular flexibility index (Phi) is 5.03. The van der Waals surface area contributed by atoms with E-state index in [0.717, 1.165) is 0 Å². The van der Waals surface area contributed by atoms with Crippen molar-refractivity contribution in [1.29, 1.82) is 0 Å². The lowest BCUT2D eigenvalue weighted by Crippen LogP contribution is -2.45. The van der Waals surface area contributed by atoms with Gasteiger partial charge in [-0.25, -0.2) is 4.79 Å². The second kappa shape index (κ2) is 7.78. The molecule has 2 aliphatic heterocycles. The van der Waals surface area contributed by atoms with E-state index in [1.807, 2.05) is 0 Å². The van der Waals surface area contributed by atoms with Crippen LogP contribution in [0.15, 0.2) is 47.1 Å². The highest BCUT2D eigenvalue weighted by molar-refractivity contribution is 6.10. The van der Waals surface area contributed by atoms with Crippen LogP contribution < -0.4 is 10.2 Å². The molecule has 0 unspecified atom stereocenters. The van der Waals surface area contributed by atoms with Gasteiger partial charge in [-0.05, 0) is 37.1 Å². The van der Waals surface area contributed by atoms with E-state index in [0.29, 0.717) is 30.8 Å². The zero-order chi connectivity index (χ0) is 20.4. The molecule has 1 saturated heterocycles. The Hall–Kier alpha value is -3.62. The van der Waals surface area contributed by atoms with Crippen molar-refractivity contribution < 1.29 is 28.3 Å². The van der Waals surface area contributed by atoms with E-state index >= 15 is 0 Å². The largest absolute Gasteiger partial charge is 0.459 e. The number of anilines is 2. The molecule has 4 rings (SSSR count). The summed E-state index contributed by atoms with van der Waals surface area (Å²) in [5.74, 6) is -1.72. The van der Waals surface area contributed by atoms with E-state index in [1.165, 1.54) is 22.1 Å². The minimum Gasteiger partial charge on any atom is -0.459 e. The lowest BCUT2D eigenvalue weighted by atomic mass is 10.2. The Morgan fingerprint density at radius 1 is 1.17 bits per heavy atom. The fraction of sp³-hybridized carbons (Fsp3) is 0.300. The maximum Gasteiger partial charge on any atom is 0.329 e. The molecule has 0 bridgehead atoms. The molecule has 1 N–H and O–H groups in total. The van der Waals surface area contributed by atoms with Crippen molar-refractivity contribution in [3.8, 4) is 0 Å². The number of nitrogens with one attached hydrogen (secondary N) is 1. The maximum atomic E-state index is 12.6. The normalized spacial score (nSPS) is 18.2. The van der Waals surface area contributed by atoms with Crippen molar-refractivity contribution in [2.75, 3.05) is 29.9 Å². The molecule has 9 nitrogen and oxygen atoms in total. The van der Waals surface area contributed by atoms with E-state index in [9.17, 15) is 19.2 Å². The first-order valence-electron chi connectivity index (χ1n) is 9.25. The predicted molar refractivity (Wildman–Crippen MR) is 101 cm³/mol. The van der Waals surface area contributed by atoms with Crippen LogP contribution >= 0.6 is 0 Å². The van der Waals surface area contributed by atoms with Gasteiger partial charge in [-0.15, -0.1) is 0 Å². The molecule has 0 aliphatic carbocycles. The van der Waals surface area contributed by atoms with Gasteiger partial charge in [0.1, 0.15) is 12.6 Å². The Bertz CT molecular complexity index is 955. The van der Waals surface area contributed by atoms with E-state index in [4.69, 9.17) is 9.15 Å².